The number of benzene rings is 1. The highest BCUT2D eigenvalue weighted by atomic mass is 16.5. The molecule has 0 radical (unpaired) electrons. The number of esters is 1. The van der Waals surface area contributed by atoms with E-state index in [0.29, 0.717) is 5.52 Å². The van der Waals surface area contributed by atoms with Gasteiger partial charge in [-0.3, -0.25) is 4.79 Å². The van der Waals surface area contributed by atoms with Gasteiger partial charge in [0.1, 0.15) is 5.69 Å². The van der Waals surface area contributed by atoms with Crippen molar-refractivity contribution in [2.75, 3.05) is 14.2 Å². The summed E-state index contributed by atoms with van der Waals surface area (Å²) in [6, 6.07) is 9.25. The second-order valence-electron chi connectivity index (χ2n) is 4.52. The summed E-state index contributed by atoms with van der Waals surface area (Å²) in [7, 11) is 2.80. The number of aromatic nitrogens is 2. The van der Waals surface area contributed by atoms with E-state index in [2.05, 4.69) is 15.3 Å². The highest BCUT2D eigenvalue weighted by molar-refractivity contribution is 6.15. The minimum Gasteiger partial charge on any atom is -0.464 e. The van der Waals surface area contributed by atoms with Crippen LogP contribution in [0.4, 0.5) is 0 Å². The van der Waals surface area contributed by atoms with Gasteiger partial charge in [-0.2, -0.15) is 0 Å². The Bertz CT molecular complexity index is 867. The molecule has 0 aliphatic rings. The van der Waals surface area contributed by atoms with E-state index in [-0.39, 0.29) is 17.3 Å². The maximum Gasteiger partial charge on any atom is 0.356 e. The van der Waals surface area contributed by atoms with E-state index in [0.717, 1.165) is 16.3 Å². The first kappa shape index (κ1) is 13.1. The number of aromatic amines is 1. The first-order valence-electron chi connectivity index (χ1n) is 6.37. The van der Waals surface area contributed by atoms with E-state index >= 15 is 0 Å². The fourth-order valence-electron chi connectivity index (χ4n) is 2.34. The highest BCUT2D eigenvalue weighted by Crippen LogP contribution is 2.27. The number of H-pyrrole nitrogens is 1. The molecule has 0 fully saturated rings. The molecule has 2 aromatic heterocycles. The molecule has 3 aromatic rings. The van der Waals surface area contributed by atoms with Crippen molar-refractivity contribution < 1.29 is 14.3 Å². The predicted octanol–water partition coefficient (Wildman–Crippen LogP) is 1.86. The van der Waals surface area contributed by atoms with Crippen LogP contribution in [0, 0.1) is 0 Å². The van der Waals surface area contributed by atoms with Gasteiger partial charge in [-0.25, -0.2) is 9.78 Å². The van der Waals surface area contributed by atoms with E-state index in [1.165, 1.54) is 14.2 Å². The smallest absolute Gasteiger partial charge is 0.356 e. The Morgan fingerprint density at radius 1 is 1.24 bits per heavy atom. The minimum atomic E-state index is -0.577. The number of para-hydroxylation sites is 1. The zero-order chi connectivity index (χ0) is 15.0. The topological polar surface area (TPSA) is 84.1 Å². The van der Waals surface area contributed by atoms with E-state index in [4.69, 9.17) is 4.74 Å². The number of carbonyl (C=O) groups is 2. The summed E-state index contributed by atoms with van der Waals surface area (Å²) in [5, 5.41) is 4.21. The molecule has 0 saturated carbocycles. The normalized spacial score (nSPS) is 10.8. The summed E-state index contributed by atoms with van der Waals surface area (Å²) >= 11 is 0. The van der Waals surface area contributed by atoms with Crippen LogP contribution in [0.3, 0.4) is 0 Å². The van der Waals surface area contributed by atoms with E-state index in [1.54, 1.807) is 6.07 Å². The number of pyridine rings is 1. The third-order valence-electron chi connectivity index (χ3n) is 3.33. The lowest BCUT2D eigenvalue weighted by molar-refractivity contribution is 0.0594. The van der Waals surface area contributed by atoms with Gasteiger partial charge in [0, 0.05) is 23.3 Å². The second kappa shape index (κ2) is 4.90. The van der Waals surface area contributed by atoms with Crippen molar-refractivity contribution in [3.8, 4) is 0 Å². The van der Waals surface area contributed by atoms with Crippen molar-refractivity contribution in [1.29, 1.82) is 0 Å². The lowest BCUT2D eigenvalue weighted by Crippen LogP contribution is -2.21. The van der Waals surface area contributed by atoms with Crippen LogP contribution >= 0.6 is 0 Å². The zero-order valence-electron chi connectivity index (χ0n) is 11.6. The van der Waals surface area contributed by atoms with Gasteiger partial charge in [0.05, 0.1) is 12.6 Å². The monoisotopic (exact) mass is 283 g/mol. The zero-order valence-corrected chi connectivity index (χ0v) is 11.6. The number of carbonyl (C=O) groups excluding carboxylic acids is 2. The van der Waals surface area contributed by atoms with Crippen molar-refractivity contribution in [1.82, 2.24) is 15.3 Å². The van der Waals surface area contributed by atoms with Crippen LogP contribution < -0.4 is 5.32 Å². The molecule has 6 heteroatoms. The van der Waals surface area contributed by atoms with Crippen molar-refractivity contribution in [3.63, 3.8) is 0 Å². The van der Waals surface area contributed by atoms with Crippen molar-refractivity contribution in [2.24, 2.45) is 0 Å². The third kappa shape index (κ3) is 2.01. The molecule has 0 atom stereocenters. The van der Waals surface area contributed by atoms with E-state index in [1.807, 2.05) is 24.3 Å². The maximum absolute atomic E-state index is 12.0. The molecule has 0 saturated heterocycles. The SMILES string of the molecule is CNC(=O)c1nc(C(=O)OC)cc2c1[nH]c1ccccc12. The summed E-state index contributed by atoms with van der Waals surface area (Å²) in [5.74, 6) is -0.940. The fourth-order valence-corrected chi connectivity index (χ4v) is 2.34. The number of hydrogen-bond acceptors (Lipinski definition) is 4. The molecule has 106 valence electrons. The number of ether oxygens (including phenoxy) is 1. The second-order valence-corrected chi connectivity index (χ2v) is 4.52. The van der Waals surface area contributed by atoms with Crippen molar-refractivity contribution in [3.05, 3.63) is 41.7 Å². The Morgan fingerprint density at radius 3 is 2.71 bits per heavy atom. The Kier molecular flexibility index (Phi) is 3.06. The van der Waals surface area contributed by atoms with Gasteiger partial charge in [0.2, 0.25) is 0 Å². The van der Waals surface area contributed by atoms with Crippen LogP contribution in [-0.2, 0) is 4.74 Å². The van der Waals surface area contributed by atoms with Gasteiger partial charge in [-0.05, 0) is 12.1 Å². The van der Waals surface area contributed by atoms with Crippen LogP contribution in [0.2, 0.25) is 0 Å². The van der Waals surface area contributed by atoms with Gasteiger partial charge in [0.15, 0.2) is 5.69 Å². The lowest BCUT2D eigenvalue weighted by atomic mass is 10.1. The molecular weight excluding hydrogens is 270 g/mol. The standard InChI is InChI=1S/C15H13N3O3/c1-16-14(19)13-12-9(7-11(18-13)15(20)21-2)8-5-3-4-6-10(8)17-12/h3-7,17H,1-2H3,(H,16,19). The van der Waals surface area contributed by atoms with Gasteiger partial charge in [-0.15, -0.1) is 0 Å². The summed E-state index contributed by atoms with van der Waals surface area (Å²) < 4.78 is 4.70. The van der Waals surface area contributed by atoms with E-state index in [9.17, 15) is 9.59 Å². The molecular formula is C15H13N3O3. The molecule has 3 rings (SSSR count). The molecule has 21 heavy (non-hydrogen) atoms. The Balaban J connectivity index is 2.41. The number of methoxy groups -OCH3 is 1. The molecule has 1 amide bonds. The van der Waals surface area contributed by atoms with Gasteiger partial charge >= 0.3 is 5.97 Å². The summed E-state index contributed by atoms with van der Waals surface area (Å²) in [5.41, 5.74) is 1.75. The Morgan fingerprint density at radius 2 is 2.00 bits per heavy atom. The number of hydrogen-bond donors (Lipinski definition) is 2. The summed E-state index contributed by atoms with van der Waals surface area (Å²) in [4.78, 5) is 31.1. The fraction of sp³-hybridized carbons (Fsp3) is 0.133. The van der Waals surface area contributed by atoms with Crippen LogP contribution in [-0.4, -0.2) is 36.0 Å². The highest BCUT2D eigenvalue weighted by Gasteiger charge is 2.19. The van der Waals surface area contributed by atoms with Crippen LogP contribution in [0.1, 0.15) is 21.0 Å². The van der Waals surface area contributed by atoms with Crippen molar-refractivity contribution in [2.45, 2.75) is 0 Å². The van der Waals surface area contributed by atoms with Crippen molar-refractivity contribution >= 4 is 33.7 Å². The number of fused-ring (bicyclic) bond motifs is 3. The number of rotatable bonds is 2. The van der Waals surface area contributed by atoms with Gasteiger partial charge < -0.3 is 15.0 Å². The lowest BCUT2D eigenvalue weighted by Gasteiger charge is -2.04. The molecule has 0 bridgehead atoms. The maximum atomic E-state index is 12.0. The molecule has 0 unspecified atom stereocenters. The molecule has 0 aliphatic heterocycles. The molecule has 2 heterocycles. The summed E-state index contributed by atoms with van der Waals surface area (Å²) in [6.45, 7) is 0. The molecule has 1 aromatic carbocycles. The van der Waals surface area contributed by atoms with Gasteiger partial charge in [-0.1, -0.05) is 18.2 Å². The minimum absolute atomic E-state index is 0.105. The van der Waals surface area contributed by atoms with Gasteiger partial charge in [0.25, 0.3) is 5.91 Å². The average molecular weight is 283 g/mol. The summed E-state index contributed by atoms with van der Waals surface area (Å²) in [6.07, 6.45) is 0. The molecule has 0 aliphatic carbocycles. The molecule has 0 spiro atoms. The first-order chi connectivity index (χ1) is 10.2. The first-order valence-corrected chi connectivity index (χ1v) is 6.37. The Hall–Kier alpha value is -2.89. The third-order valence-corrected chi connectivity index (χ3v) is 3.33. The van der Waals surface area contributed by atoms with Crippen LogP contribution in [0.15, 0.2) is 30.3 Å². The van der Waals surface area contributed by atoms with Crippen LogP contribution in [0.5, 0.6) is 0 Å². The predicted molar refractivity (Wildman–Crippen MR) is 78.3 cm³/mol. The molecule has 6 nitrogen and oxygen atoms in total. The Labute approximate surface area is 120 Å². The molecule has 2 N–H and O–H groups in total. The van der Waals surface area contributed by atoms with E-state index < -0.39 is 5.97 Å². The average Bonchev–Trinajstić information content (AvgIpc) is 2.91. The number of nitrogens with zero attached hydrogens (tertiary/aromatic N) is 1. The number of amides is 1. The number of nitrogens with one attached hydrogen (secondary N) is 2. The van der Waals surface area contributed by atoms with Crippen LogP contribution in [0.25, 0.3) is 21.8 Å². The quantitative estimate of drug-likeness (QED) is 0.703. The largest absolute Gasteiger partial charge is 0.464 e.